The van der Waals surface area contributed by atoms with E-state index in [2.05, 4.69) is 194 Å². The van der Waals surface area contributed by atoms with E-state index < -0.39 is 0 Å². The summed E-state index contributed by atoms with van der Waals surface area (Å²) in [4.78, 5) is 0. The van der Waals surface area contributed by atoms with Crippen molar-refractivity contribution < 1.29 is 0 Å². The van der Waals surface area contributed by atoms with Crippen LogP contribution in [0.15, 0.2) is 194 Å². The predicted octanol–water partition coefficient (Wildman–Crippen LogP) is 14.7. The van der Waals surface area contributed by atoms with Crippen LogP contribution in [-0.4, -0.2) is 0 Å². The Morgan fingerprint density at radius 3 is 1.35 bits per heavy atom. The molecule has 0 aromatic heterocycles. The second kappa shape index (κ2) is 11.4. The van der Waals surface area contributed by atoms with E-state index in [9.17, 15) is 0 Å². The number of benzene rings is 11. The summed E-state index contributed by atoms with van der Waals surface area (Å²) in [5.41, 5.74) is 10.0. The molecule has 11 aromatic carbocycles. The molecule has 11 aromatic rings. The van der Waals surface area contributed by atoms with Gasteiger partial charge < -0.3 is 0 Å². The third-order valence-corrected chi connectivity index (χ3v) is 11.2. The molecule has 0 unspecified atom stereocenters. The van der Waals surface area contributed by atoms with Crippen LogP contribution in [-0.2, 0) is 0 Å². The van der Waals surface area contributed by atoms with Crippen LogP contribution in [0.2, 0.25) is 0 Å². The van der Waals surface area contributed by atoms with Gasteiger partial charge >= 0.3 is 0 Å². The first-order valence-corrected chi connectivity index (χ1v) is 18.1. The Kier molecular flexibility index (Phi) is 6.35. The Bertz CT molecular complexity index is 3090. The Balaban J connectivity index is 1.11. The number of hydrogen-bond donors (Lipinski definition) is 0. The van der Waals surface area contributed by atoms with Crippen LogP contribution >= 0.6 is 0 Å². The summed E-state index contributed by atoms with van der Waals surface area (Å²) in [6.07, 6.45) is 0. The summed E-state index contributed by atoms with van der Waals surface area (Å²) >= 11 is 0. The third kappa shape index (κ3) is 4.41. The molecule has 0 bridgehead atoms. The van der Waals surface area contributed by atoms with Crippen LogP contribution in [0.25, 0.3) is 109 Å². The van der Waals surface area contributed by atoms with E-state index in [1.54, 1.807) is 0 Å². The van der Waals surface area contributed by atoms with Gasteiger partial charge in [0.25, 0.3) is 0 Å². The standard InChI is InChI=1S/C52H32/c1-2-10-33(11-3-1)38-22-23-41-31-39(24-25-40(41)30-38)37-14-9-15-42(32-37)50-43-16-4-6-18-45(43)52(46-19-7-5-17-44(46)50)48-29-27-36-21-20-34-12-8-13-35-26-28-47(48)51(36)49(34)35/h1-32H. The molecule has 0 nitrogen and oxygen atoms in total. The molecule has 0 aliphatic rings. The predicted molar refractivity (Wildman–Crippen MR) is 224 cm³/mol. The third-order valence-electron chi connectivity index (χ3n) is 11.2. The van der Waals surface area contributed by atoms with E-state index in [0.29, 0.717) is 0 Å². The minimum atomic E-state index is 1.22. The zero-order valence-electron chi connectivity index (χ0n) is 28.5. The second-order valence-corrected chi connectivity index (χ2v) is 14.0. The second-order valence-electron chi connectivity index (χ2n) is 14.0. The van der Waals surface area contributed by atoms with Gasteiger partial charge in [-0.2, -0.15) is 0 Å². The van der Waals surface area contributed by atoms with Gasteiger partial charge in [0, 0.05) is 0 Å². The fourth-order valence-corrected chi connectivity index (χ4v) is 8.77. The first-order chi connectivity index (χ1) is 25.8. The van der Waals surface area contributed by atoms with Gasteiger partial charge in [0.15, 0.2) is 0 Å². The number of fused-ring (bicyclic) bond motifs is 3. The van der Waals surface area contributed by atoms with Crippen molar-refractivity contribution in [3.63, 3.8) is 0 Å². The van der Waals surface area contributed by atoms with Gasteiger partial charge in [-0.3, -0.25) is 0 Å². The first kappa shape index (κ1) is 29.0. The lowest BCUT2D eigenvalue weighted by Gasteiger charge is -2.20. The summed E-state index contributed by atoms with van der Waals surface area (Å²) in [6, 6.07) is 71.9. The lowest BCUT2D eigenvalue weighted by atomic mass is 9.83. The fourth-order valence-electron chi connectivity index (χ4n) is 8.77. The first-order valence-electron chi connectivity index (χ1n) is 18.1. The van der Waals surface area contributed by atoms with E-state index in [0.717, 1.165) is 0 Å². The zero-order chi connectivity index (χ0) is 34.2. The van der Waals surface area contributed by atoms with Crippen molar-refractivity contribution in [1.82, 2.24) is 0 Å². The van der Waals surface area contributed by atoms with E-state index in [1.165, 1.54) is 109 Å². The molecular formula is C52H32. The minimum absolute atomic E-state index is 1.22. The van der Waals surface area contributed by atoms with E-state index in [4.69, 9.17) is 0 Å². The van der Waals surface area contributed by atoms with Gasteiger partial charge in [-0.15, -0.1) is 0 Å². The van der Waals surface area contributed by atoms with E-state index >= 15 is 0 Å². The highest BCUT2D eigenvalue weighted by Crippen LogP contribution is 2.47. The molecular weight excluding hydrogens is 625 g/mol. The molecule has 0 N–H and O–H groups in total. The summed E-state index contributed by atoms with van der Waals surface area (Å²) in [5.74, 6) is 0. The highest BCUT2D eigenvalue weighted by atomic mass is 14.2. The summed E-state index contributed by atoms with van der Waals surface area (Å²) in [6.45, 7) is 0. The van der Waals surface area contributed by atoms with Crippen LogP contribution in [0, 0.1) is 0 Å². The summed E-state index contributed by atoms with van der Waals surface area (Å²) < 4.78 is 0. The number of rotatable bonds is 4. The average Bonchev–Trinajstić information content (AvgIpc) is 3.22. The van der Waals surface area contributed by atoms with Crippen LogP contribution in [0.4, 0.5) is 0 Å². The SMILES string of the molecule is c1ccc(-c2ccc3cc(-c4cccc(-c5c6ccccc6c(-c6ccc7ccc8cccc9ccc6c7c89)c6ccccc56)c4)ccc3c2)cc1. The topological polar surface area (TPSA) is 0 Å². The zero-order valence-corrected chi connectivity index (χ0v) is 28.5. The maximum absolute atomic E-state index is 2.38. The summed E-state index contributed by atoms with van der Waals surface area (Å²) in [5, 5.41) is 15.5. The maximum Gasteiger partial charge on any atom is -0.00201 e. The molecule has 240 valence electrons. The Hall–Kier alpha value is -6.76. The molecule has 0 saturated carbocycles. The molecule has 0 spiro atoms. The average molecular weight is 657 g/mol. The monoisotopic (exact) mass is 656 g/mol. The fraction of sp³-hybridized carbons (Fsp3) is 0. The van der Waals surface area contributed by atoms with E-state index in [-0.39, 0.29) is 0 Å². The smallest absolute Gasteiger partial charge is 0.00201 e. The van der Waals surface area contributed by atoms with Crippen molar-refractivity contribution >= 4 is 64.6 Å². The Morgan fingerprint density at radius 2 is 0.673 bits per heavy atom. The molecule has 0 radical (unpaired) electrons. The van der Waals surface area contributed by atoms with Gasteiger partial charge in [-0.05, 0) is 127 Å². The normalized spacial score (nSPS) is 11.8. The van der Waals surface area contributed by atoms with Crippen molar-refractivity contribution in [2.45, 2.75) is 0 Å². The highest BCUT2D eigenvalue weighted by Gasteiger charge is 2.20. The van der Waals surface area contributed by atoms with Gasteiger partial charge in [-0.1, -0.05) is 176 Å². The van der Waals surface area contributed by atoms with Crippen molar-refractivity contribution in [2.75, 3.05) is 0 Å². The van der Waals surface area contributed by atoms with Crippen LogP contribution in [0.3, 0.4) is 0 Å². The van der Waals surface area contributed by atoms with Gasteiger partial charge in [0.1, 0.15) is 0 Å². The molecule has 0 atom stereocenters. The van der Waals surface area contributed by atoms with E-state index in [1.807, 2.05) is 0 Å². The van der Waals surface area contributed by atoms with Crippen LogP contribution in [0.1, 0.15) is 0 Å². The molecule has 0 saturated heterocycles. The summed E-state index contributed by atoms with van der Waals surface area (Å²) in [7, 11) is 0. The largest absolute Gasteiger partial charge is 0.0622 e. The van der Waals surface area contributed by atoms with Crippen LogP contribution < -0.4 is 0 Å². The quantitative estimate of drug-likeness (QED) is 0.131. The number of hydrogen-bond acceptors (Lipinski definition) is 0. The van der Waals surface area contributed by atoms with Crippen molar-refractivity contribution in [3.05, 3.63) is 194 Å². The molecule has 0 fully saturated rings. The minimum Gasteiger partial charge on any atom is -0.0622 e. The van der Waals surface area contributed by atoms with Crippen molar-refractivity contribution in [2.24, 2.45) is 0 Å². The lowest BCUT2D eigenvalue weighted by Crippen LogP contribution is -1.93. The van der Waals surface area contributed by atoms with Gasteiger partial charge in [-0.25, -0.2) is 0 Å². The Labute approximate surface area is 302 Å². The molecule has 0 aliphatic heterocycles. The maximum atomic E-state index is 2.38. The molecule has 0 heterocycles. The Morgan fingerprint density at radius 1 is 0.212 bits per heavy atom. The molecule has 11 rings (SSSR count). The molecule has 52 heavy (non-hydrogen) atoms. The molecule has 0 heteroatoms. The lowest BCUT2D eigenvalue weighted by molar-refractivity contribution is 1.62. The van der Waals surface area contributed by atoms with Crippen LogP contribution in [0.5, 0.6) is 0 Å². The van der Waals surface area contributed by atoms with Gasteiger partial charge in [0.05, 0.1) is 0 Å². The highest BCUT2D eigenvalue weighted by molar-refractivity contribution is 6.29. The molecule has 0 aliphatic carbocycles. The molecule has 0 amide bonds. The van der Waals surface area contributed by atoms with Crippen molar-refractivity contribution in [1.29, 1.82) is 0 Å². The van der Waals surface area contributed by atoms with Gasteiger partial charge in [0.2, 0.25) is 0 Å². The van der Waals surface area contributed by atoms with Crippen molar-refractivity contribution in [3.8, 4) is 44.5 Å².